The molecule has 0 aromatic heterocycles. The molecule has 0 saturated carbocycles. The van der Waals surface area contributed by atoms with Crippen LogP contribution in [0.2, 0.25) is 0 Å². The summed E-state index contributed by atoms with van der Waals surface area (Å²) >= 11 is 0. The maximum Gasteiger partial charge on any atom is 0.335 e. The number of carboxylic acid groups (broad SMARTS) is 1. The van der Waals surface area contributed by atoms with Gasteiger partial charge in [-0.25, -0.2) is 9.18 Å². The van der Waals surface area contributed by atoms with E-state index in [9.17, 15) is 14.0 Å². The Hall–Kier alpha value is -3.46. The first-order valence-corrected chi connectivity index (χ1v) is 6.51. The van der Waals surface area contributed by atoms with Gasteiger partial charge in [0.2, 0.25) is 0 Å². The molecule has 2 rings (SSSR count). The van der Waals surface area contributed by atoms with Gasteiger partial charge in [0.05, 0.1) is 5.56 Å². The highest BCUT2D eigenvalue weighted by molar-refractivity contribution is 6.10. The van der Waals surface area contributed by atoms with Crippen LogP contribution in [0.5, 0.6) is 0 Å². The maximum atomic E-state index is 13.1. The van der Waals surface area contributed by atoms with Gasteiger partial charge in [-0.15, -0.1) is 0 Å². The highest BCUT2D eigenvalue weighted by Crippen LogP contribution is 2.14. The summed E-state index contributed by atoms with van der Waals surface area (Å²) in [6, 6.07) is 12.8. The van der Waals surface area contributed by atoms with Crippen LogP contribution in [0.3, 0.4) is 0 Å². The van der Waals surface area contributed by atoms with Crippen LogP contribution in [-0.2, 0) is 4.79 Å². The number of anilines is 1. The molecule has 0 heterocycles. The van der Waals surface area contributed by atoms with Crippen LogP contribution in [0.25, 0.3) is 6.08 Å². The Morgan fingerprint density at radius 1 is 1.17 bits per heavy atom. The summed E-state index contributed by atoms with van der Waals surface area (Å²) in [4.78, 5) is 23.0. The number of rotatable bonds is 4. The first-order valence-electron chi connectivity index (χ1n) is 6.51. The summed E-state index contributed by atoms with van der Waals surface area (Å²) < 4.78 is 13.1. The van der Waals surface area contributed by atoms with Gasteiger partial charge in [0.15, 0.2) is 0 Å². The van der Waals surface area contributed by atoms with Gasteiger partial charge in [0.25, 0.3) is 5.91 Å². The number of amides is 1. The topological polar surface area (TPSA) is 90.2 Å². The van der Waals surface area contributed by atoms with Crippen molar-refractivity contribution in [1.82, 2.24) is 0 Å². The number of carboxylic acids is 1. The second-order valence-corrected chi connectivity index (χ2v) is 4.56. The summed E-state index contributed by atoms with van der Waals surface area (Å²) in [7, 11) is 0. The van der Waals surface area contributed by atoms with Crippen LogP contribution in [-0.4, -0.2) is 17.0 Å². The summed E-state index contributed by atoms with van der Waals surface area (Å²) in [6.07, 6.45) is 1.25. The monoisotopic (exact) mass is 310 g/mol. The number of nitriles is 1. The lowest BCUT2D eigenvalue weighted by Crippen LogP contribution is -2.13. The van der Waals surface area contributed by atoms with E-state index in [2.05, 4.69) is 5.32 Å². The molecule has 2 aromatic carbocycles. The fourth-order valence-electron chi connectivity index (χ4n) is 1.84. The van der Waals surface area contributed by atoms with Crippen LogP contribution in [0.15, 0.2) is 54.1 Å². The van der Waals surface area contributed by atoms with E-state index in [-0.39, 0.29) is 16.8 Å². The fourth-order valence-corrected chi connectivity index (χ4v) is 1.84. The Bertz CT molecular complexity index is 838. The Morgan fingerprint density at radius 2 is 1.91 bits per heavy atom. The van der Waals surface area contributed by atoms with E-state index >= 15 is 0 Å². The minimum Gasteiger partial charge on any atom is -0.478 e. The molecule has 5 nitrogen and oxygen atoms in total. The largest absolute Gasteiger partial charge is 0.478 e. The van der Waals surface area contributed by atoms with Gasteiger partial charge in [-0.05, 0) is 42.0 Å². The van der Waals surface area contributed by atoms with Crippen molar-refractivity contribution in [2.24, 2.45) is 0 Å². The predicted molar refractivity (Wildman–Crippen MR) is 82.0 cm³/mol. The van der Waals surface area contributed by atoms with Crippen LogP contribution < -0.4 is 5.32 Å². The molecule has 0 bridgehead atoms. The zero-order chi connectivity index (χ0) is 16.8. The molecule has 2 N–H and O–H groups in total. The van der Waals surface area contributed by atoms with Crippen molar-refractivity contribution < 1.29 is 19.1 Å². The average molecular weight is 310 g/mol. The summed E-state index contributed by atoms with van der Waals surface area (Å²) in [5, 5.41) is 20.4. The first-order chi connectivity index (χ1) is 11.0. The molecule has 0 aliphatic carbocycles. The van der Waals surface area contributed by atoms with E-state index in [0.29, 0.717) is 5.56 Å². The summed E-state index contributed by atoms with van der Waals surface area (Å²) in [5.74, 6) is -2.32. The molecule has 23 heavy (non-hydrogen) atoms. The summed E-state index contributed by atoms with van der Waals surface area (Å²) in [6.45, 7) is 0. The molecular weight excluding hydrogens is 299 g/mol. The zero-order valence-corrected chi connectivity index (χ0v) is 11.8. The zero-order valence-electron chi connectivity index (χ0n) is 11.8. The third kappa shape index (κ3) is 4.25. The quantitative estimate of drug-likeness (QED) is 0.670. The van der Waals surface area contributed by atoms with E-state index in [1.807, 2.05) is 0 Å². The van der Waals surface area contributed by atoms with Crippen molar-refractivity contribution in [2.75, 3.05) is 5.32 Å². The molecule has 0 radical (unpaired) electrons. The number of aromatic carboxylic acids is 1. The Labute approximate surface area is 131 Å². The fraction of sp³-hybridized carbons (Fsp3) is 0. The van der Waals surface area contributed by atoms with Gasteiger partial charge in [-0.1, -0.05) is 18.2 Å². The first kappa shape index (κ1) is 15.9. The van der Waals surface area contributed by atoms with Gasteiger partial charge in [0, 0.05) is 5.69 Å². The number of hydrogen-bond acceptors (Lipinski definition) is 3. The number of halogens is 1. The minimum absolute atomic E-state index is 0.00965. The normalized spacial score (nSPS) is 10.7. The Balaban J connectivity index is 2.23. The third-order valence-corrected chi connectivity index (χ3v) is 2.89. The van der Waals surface area contributed by atoms with Crippen molar-refractivity contribution in [3.05, 3.63) is 71.0 Å². The summed E-state index contributed by atoms with van der Waals surface area (Å²) in [5.41, 5.74) is 0.401. The number of benzene rings is 2. The second kappa shape index (κ2) is 7.00. The minimum atomic E-state index is -1.13. The third-order valence-electron chi connectivity index (χ3n) is 2.89. The molecule has 0 saturated heterocycles. The van der Waals surface area contributed by atoms with Crippen LogP contribution >= 0.6 is 0 Å². The SMILES string of the molecule is N#C/C(=C/c1cccc(F)c1)C(=O)Nc1cccc(C(=O)O)c1. The molecule has 114 valence electrons. The molecule has 6 heteroatoms. The highest BCUT2D eigenvalue weighted by atomic mass is 19.1. The molecule has 2 aromatic rings. The van der Waals surface area contributed by atoms with Crippen molar-refractivity contribution in [1.29, 1.82) is 5.26 Å². The van der Waals surface area contributed by atoms with Crippen LogP contribution in [0, 0.1) is 17.1 Å². The van der Waals surface area contributed by atoms with Crippen molar-refractivity contribution in [2.45, 2.75) is 0 Å². The number of carbonyl (C=O) groups is 2. The van der Waals surface area contributed by atoms with E-state index in [4.69, 9.17) is 10.4 Å². The lowest BCUT2D eigenvalue weighted by molar-refractivity contribution is -0.112. The van der Waals surface area contributed by atoms with Gasteiger partial charge in [0.1, 0.15) is 17.5 Å². The Morgan fingerprint density at radius 3 is 2.57 bits per heavy atom. The molecule has 0 spiro atoms. The number of carbonyl (C=O) groups excluding carboxylic acids is 1. The van der Waals surface area contributed by atoms with Crippen molar-refractivity contribution in [3.63, 3.8) is 0 Å². The van der Waals surface area contributed by atoms with Crippen LogP contribution in [0.1, 0.15) is 15.9 Å². The predicted octanol–water partition coefficient (Wildman–Crippen LogP) is 3.07. The molecule has 0 unspecified atom stereocenters. The number of nitrogens with one attached hydrogen (secondary N) is 1. The maximum absolute atomic E-state index is 13.1. The molecule has 1 amide bonds. The molecule has 0 fully saturated rings. The highest BCUT2D eigenvalue weighted by Gasteiger charge is 2.11. The smallest absolute Gasteiger partial charge is 0.335 e. The molecule has 0 aliphatic heterocycles. The lowest BCUT2D eigenvalue weighted by atomic mass is 10.1. The molecule has 0 aliphatic rings. The van der Waals surface area contributed by atoms with E-state index in [1.165, 1.54) is 48.5 Å². The molecular formula is C17H11FN2O3. The van der Waals surface area contributed by atoms with E-state index in [0.717, 1.165) is 0 Å². The van der Waals surface area contributed by atoms with Gasteiger partial charge < -0.3 is 10.4 Å². The molecule has 0 atom stereocenters. The van der Waals surface area contributed by atoms with E-state index in [1.54, 1.807) is 12.1 Å². The van der Waals surface area contributed by atoms with E-state index < -0.39 is 17.7 Å². The average Bonchev–Trinajstić information content (AvgIpc) is 2.52. The standard InChI is InChI=1S/C17H11FN2O3/c18-14-5-1-3-11(8-14)7-13(10-19)16(21)20-15-6-2-4-12(9-15)17(22)23/h1-9H,(H,20,21)(H,22,23)/b13-7-. The van der Waals surface area contributed by atoms with Crippen molar-refractivity contribution >= 4 is 23.6 Å². The van der Waals surface area contributed by atoms with Gasteiger partial charge in [-0.3, -0.25) is 4.79 Å². The van der Waals surface area contributed by atoms with Crippen molar-refractivity contribution in [3.8, 4) is 6.07 Å². The second-order valence-electron chi connectivity index (χ2n) is 4.56. The lowest BCUT2D eigenvalue weighted by Gasteiger charge is -2.05. The number of nitrogens with zero attached hydrogens (tertiary/aromatic N) is 1. The van der Waals surface area contributed by atoms with Gasteiger partial charge in [-0.2, -0.15) is 5.26 Å². The Kier molecular flexibility index (Phi) is 4.85. The number of hydrogen-bond donors (Lipinski definition) is 2. The van der Waals surface area contributed by atoms with Gasteiger partial charge >= 0.3 is 5.97 Å². The van der Waals surface area contributed by atoms with Crippen LogP contribution in [0.4, 0.5) is 10.1 Å².